The largest absolute Gasteiger partial charge is 0.444 e. The molecule has 3 N–H and O–H groups in total. The van der Waals surface area contributed by atoms with Crippen LogP contribution in [0.4, 0.5) is 10.5 Å². The number of nitrogens with two attached hydrogens (primary N) is 1. The Morgan fingerprint density at radius 2 is 2.04 bits per heavy atom. The van der Waals surface area contributed by atoms with E-state index in [1.54, 1.807) is 4.90 Å². The number of aryl methyl sites for hydroxylation is 2. The molecule has 2 rings (SSSR count). The standard InChI is InChI=1S/C19H30N4O2.HI/c1-13-6-7-16(10-14(13)2)22-17(20)21-11-15-8-9-23(12-15)18(24)25-19(3,4)5;/h6-7,10,15H,8-9,11-12H2,1-5H3,(H3,20,21,22);1H. The number of aliphatic imine (C=N–C) groups is 1. The average molecular weight is 474 g/mol. The van der Waals surface area contributed by atoms with Gasteiger partial charge in [-0.1, -0.05) is 6.07 Å². The fourth-order valence-electron chi connectivity index (χ4n) is 2.71. The first-order valence-electron chi connectivity index (χ1n) is 8.76. The van der Waals surface area contributed by atoms with Crippen molar-refractivity contribution in [3.63, 3.8) is 0 Å². The van der Waals surface area contributed by atoms with Crippen LogP contribution in [0.5, 0.6) is 0 Å². The van der Waals surface area contributed by atoms with E-state index >= 15 is 0 Å². The molecule has 26 heavy (non-hydrogen) atoms. The molecule has 0 bridgehead atoms. The van der Waals surface area contributed by atoms with Crippen molar-refractivity contribution in [2.75, 3.05) is 25.0 Å². The van der Waals surface area contributed by atoms with Gasteiger partial charge in [-0.2, -0.15) is 0 Å². The fraction of sp³-hybridized carbons (Fsp3) is 0.579. The maximum atomic E-state index is 12.1. The minimum absolute atomic E-state index is 0. The summed E-state index contributed by atoms with van der Waals surface area (Å²) >= 11 is 0. The van der Waals surface area contributed by atoms with E-state index in [-0.39, 0.29) is 30.1 Å². The molecule has 0 aliphatic carbocycles. The summed E-state index contributed by atoms with van der Waals surface area (Å²) in [5.41, 5.74) is 8.91. The number of carbonyl (C=O) groups excluding carboxylic acids is 1. The van der Waals surface area contributed by atoms with Crippen molar-refractivity contribution in [3.8, 4) is 0 Å². The molecule has 0 spiro atoms. The van der Waals surface area contributed by atoms with Crippen molar-refractivity contribution < 1.29 is 9.53 Å². The van der Waals surface area contributed by atoms with Crippen LogP contribution in [0.3, 0.4) is 0 Å². The van der Waals surface area contributed by atoms with Crippen molar-refractivity contribution >= 4 is 41.7 Å². The molecule has 0 radical (unpaired) electrons. The van der Waals surface area contributed by atoms with Gasteiger partial charge in [-0.05, 0) is 70.2 Å². The number of amides is 1. The number of nitrogens with one attached hydrogen (secondary N) is 1. The number of carbonyl (C=O) groups is 1. The first-order chi connectivity index (χ1) is 11.6. The number of guanidine groups is 1. The topological polar surface area (TPSA) is 80.0 Å². The minimum atomic E-state index is -0.464. The van der Waals surface area contributed by atoms with E-state index in [0.717, 1.165) is 12.1 Å². The molecule has 146 valence electrons. The zero-order valence-electron chi connectivity index (χ0n) is 16.3. The molecule has 6 nitrogen and oxygen atoms in total. The Bertz CT molecular complexity index is 655. The highest BCUT2D eigenvalue weighted by atomic mass is 127. The Labute approximate surface area is 173 Å². The van der Waals surface area contributed by atoms with Crippen LogP contribution in [0.15, 0.2) is 23.2 Å². The Hall–Kier alpha value is -1.51. The number of likely N-dealkylation sites (tertiary alicyclic amines) is 1. The van der Waals surface area contributed by atoms with Gasteiger partial charge in [0.2, 0.25) is 0 Å². The van der Waals surface area contributed by atoms with Crippen molar-refractivity contribution in [2.45, 2.75) is 46.6 Å². The van der Waals surface area contributed by atoms with Crippen molar-refractivity contribution in [1.82, 2.24) is 4.90 Å². The molecule has 1 saturated heterocycles. The van der Waals surface area contributed by atoms with Gasteiger partial charge >= 0.3 is 6.09 Å². The van der Waals surface area contributed by atoms with E-state index in [2.05, 4.69) is 36.3 Å². The quantitative estimate of drug-likeness (QED) is 0.396. The van der Waals surface area contributed by atoms with Crippen LogP contribution in [0.25, 0.3) is 0 Å². The predicted octanol–water partition coefficient (Wildman–Crippen LogP) is 3.91. The van der Waals surface area contributed by atoms with Crippen molar-refractivity contribution in [2.24, 2.45) is 16.6 Å². The highest BCUT2D eigenvalue weighted by Crippen LogP contribution is 2.20. The maximum absolute atomic E-state index is 12.1. The van der Waals surface area contributed by atoms with E-state index in [4.69, 9.17) is 10.5 Å². The van der Waals surface area contributed by atoms with E-state index in [1.165, 1.54) is 11.1 Å². The van der Waals surface area contributed by atoms with Crippen LogP contribution >= 0.6 is 24.0 Å². The number of anilines is 1. The SMILES string of the molecule is Cc1ccc(NC(N)=NCC2CCN(C(=O)OC(C)(C)C)C2)cc1C.I. The Kier molecular flexibility index (Phi) is 8.17. The zero-order chi connectivity index (χ0) is 18.6. The molecule has 1 aromatic carbocycles. The lowest BCUT2D eigenvalue weighted by atomic mass is 10.1. The van der Waals surface area contributed by atoms with Gasteiger partial charge in [0.15, 0.2) is 5.96 Å². The second-order valence-corrected chi connectivity index (χ2v) is 7.73. The summed E-state index contributed by atoms with van der Waals surface area (Å²) in [5, 5.41) is 3.12. The normalized spacial score (nSPS) is 17.7. The summed E-state index contributed by atoms with van der Waals surface area (Å²) in [6.45, 7) is 11.7. The van der Waals surface area contributed by atoms with E-state index < -0.39 is 5.60 Å². The third-order valence-electron chi connectivity index (χ3n) is 4.24. The molecular weight excluding hydrogens is 443 g/mol. The second kappa shape index (κ2) is 9.43. The van der Waals surface area contributed by atoms with Gasteiger partial charge in [0.05, 0.1) is 0 Å². The van der Waals surface area contributed by atoms with Gasteiger partial charge < -0.3 is 20.7 Å². The predicted molar refractivity (Wildman–Crippen MR) is 117 cm³/mol. The molecule has 7 heteroatoms. The molecule has 1 fully saturated rings. The van der Waals surface area contributed by atoms with Gasteiger partial charge in [-0.25, -0.2) is 4.79 Å². The summed E-state index contributed by atoms with van der Waals surface area (Å²) in [6, 6.07) is 6.10. The zero-order valence-corrected chi connectivity index (χ0v) is 18.7. The van der Waals surface area contributed by atoms with Crippen molar-refractivity contribution in [1.29, 1.82) is 0 Å². The smallest absolute Gasteiger partial charge is 0.410 e. The van der Waals surface area contributed by atoms with Gasteiger partial charge in [0.1, 0.15) is 5.60 Å². The lowest BCUT2D eigenvalue weighted by molar-refractivity contribution is 0.0289. The molecular formula is C19H31IN4O2. The summed E-state index contributed by atoms with van der Waals surface area (Å²) < 4.78 is 5.41. The maximum Gasteiger partial charge on any atom is 0.410 e. The molecule has 1 heterocycles. The molecule has 1 aliphatic rings. The van der Waals surface area contributed by atoms with Crippen molar-refractivity contribution in [3.05, 3.63) is 29.3 Å². The van der Waals surface area contributed by atoms with E-state index in [9.17, 15) is 4.79 Å². The second-order valence-electron chi connectivity index (χ2n) is 7.73. The number of hydrogen-bond donors (Lipinski definition) is 2. The number of ether oxygens (including phenoxy) is 1. The fourth-order valence-corrected chi connectivity index (χ4v) is 2.71. The molecule has 0 saturated carbocycles. The lowest BCUT2D eigenvalue weighted by Crippen LogP contribution is -2.35. The van der Waals surface area contributed by atoms with Gasteiger partial charge in [0, 0.05) is 25.3 Å². The van der Waals surface area contributed by atoms with Crippen LogP contribution in [0.2, 0.25) is 0 Å². The first kappa shape index (κ1) is 22.5. The molecule has 1 unspecified atom stereocenters. The summed E-state index contributed by atoms with van der Waals surface area (Å²) in [7, 11) is 0. The first-order valence-corrected chi connectivity index (χ1v) is 8.76. The van der Waals surface area contributed by atoms with Crippen LogP contribution in [0.1, 0.15) is 38.3 Å². The van der Waals surface area contributed by atoms with Gasteiger partial charge in [0.25, 0.3) is 0 Å². The summed E-state index contributed by atoms with van der Waals surface area (Å²) in [6.07, 6.45) is 0.667. The Morgan fingerprint density at radius 3 is 2.65 bits per heavy atom. The van der Waals surface area contributed by atoms with E-state index in [0.29, 0.717) is 31.5 Å². The highest BCUT2D eigenvalue weighted by Gasteiger charge is 2.29. The highest BCUT2D eigenvalue weighted by molar-refractivity contribution is 14.0. The molecule has 1 atom stereocenters. The molecule has 1 amide bonds. The average Bonchev–Trinajstić information content (AvgIpc) is 2.96. The van der Waals surface area contributed by atoms with Crippen LogP contribution in [-0.4, -0.2) is 42.2 Å². The van der Waals surface area contributed by atoms with Crippen LogP contribution in [0, 0.1) is 19.8 Å². The van der Waals surface area contributed by atoms with Gasteiger partial charge in [-0.15, -0.1) is 24.0 Å². The summed E-state index contributed by atoms with van der Waals surface area (Å²) in [5.74, 6) is 0.714. The van der Waals surface area contributed by atoms with Crippen LogP contribution in [-0.2, 0) is 4.74 Å². The van der Waals surface area contributed by atoms with Crippen LogP contribution < -0.4 is 11.1 Å². The molecule has 1 aliphatic heterocycles. The summed E-state index contributed by atoms with van der Waals surface area (Å²) in [4.78, 5) is 18.3. The number of nitrogens with zero attached hydrogens (tertiary/aromatic N) is 2. The monoisotopic (exact) mass is 474 g/mol. The number of hydrogen-bond acceptors (Lipinski definition) is 3. The number of halogens is 1. The third-order valence-corrected chi connectivity index (χ3v) is 4.24. The van der Waals surface area contributed by atoms with E-state index in [1.807, 2.05) is 26.8 Å². The minimum Gasteiger partial charge on any atom is -0.444 e. The lowest BCUT2D eigenvalue weighted by Gasteiger charge is -2.24. The Balaban J connectivity index is 0.00000338. The van der Waals surface area contributed by atoms with Gasteiger partial charge in [-0.3, -0.25) is 4.99 Å². The third kappa shape index (κ3) is 7.01. The Morgan fingerprint density at radius 1 is 1.35 bits per heavy atom. The number of benzene rings is 1. The number of rotatable bonds is 3. The molecule has 0 aromatic heterocycles. The molecule has 1 aromatic rings.